The van der Waals surface area contributed by atoms with Crippen LogP contribution in [0.5, 0.6) is 0 Å². The van der Waals surface area contributed by atoms with E-state index in [1.807, 2.05) is 0 Å². The fraction of sp³-hybridized carbons (Fsp3) is 0.917. The van der Waals surface area contributed by atoms with Crippen LogP contribution in [0.25, 0.3) is 0 Å². The summed E-state index contributed by atoms with van der Waals surface area (Å²) in [4.78, 5) is 25.5. The van der Waals surface area contributed by atoms with Gasteiger partial charge in [-0.25, -0.2) is 0 Å². The molecule has 12 nitrogen and oxygen atoms in total. The summed E-state index contributed by atoms with van der Waals surface area (Å²) in [5, 5.41) is 30.9. The molecule has 0 amide bonds. The highest BCUT2D eigenvalue weighted by Gasteiger charge is 2.46. The second-order valence-electron chi connectivity index (χ2n) is 17.5. The number of hydrogen-bond donors (Lipinski definition) is 4. The summed E-state index contributed by atoms with van der Waals surface area (Å²) in [5.41, 5.74) is 0. The van der Waals surface area contributed by atoms with Crippen LogP contribution in [0.2, 0.25) is 0 Å². The van der Waals surface area contributed by atoms with Gasteiger partial charge in [0.15, 0.2) is 12.4 Å². The van der Waals surface area contributed by atoms with Crippen LogP contribution in [-0.2, 0) is 38.7 Å². The maximum Gasteiger partial charge on any atom is 0.306 e. The van der Waals surface area contributed by atoms with Gasteiger partial charge in [-0.1, -0.05) is 187 Å². The summed E-state index contributed by atoms with van der Waals surface area (Å²) in [6.45, 7) is 3.77. The first-order chi connectivity index (χ1) is 29.5. The molecule has 13 heteroatoms. The van der Waals surface area contributed by atoms with E-state index in [-0.39, 0.29) is 19.4 Å². The molecule has 1 heterocycles. The number of unbranched alkanes of at least 4 members (excludes halogenated alkanes) is 28. The molecule has 2 unspecified atom stereocenters. The average molecular weight is 891 g/mol. The first-order valence-electron chi connectivity index (χ1n) is 24.7. The normalized spacial score (nSPS) is 20.0. The molecule has 0 aromatic carbocycles. The summed E-state index contributed by atoms with van der Waals surface area (Å²) in [5.74, 6) is -1.98. The van der Waals surface area contributed by atoms with Crippen LogP contribution < -0.4 is 0 Å². The summed E-state index contributed by atoms with van der Waals surface area (Å²) < 4.78 is 54.1. The first kappa shape index (κ1) is 57.4. The standard InChI is InChI=1S/C48H90O12S/c1-3-5-7-9-11-13-15-17-19-20-21-22-23-25-26-28-30-32-34-36-43(49)57-38-41(39-58-48-47(53)46(52)45(51)42(60-48)40-61(54,55)56)59-44(50)37-35-33-31-29-27-24-18-16-14-12-10-8-6-4-2/h16,18,41-42,45-48,51-53H,3-15,17,19-40H2,1-2H3,(H,54,55,56)/b18-16+/t41-,42-,45-,46?,47?,48+/m1/s1. The highest BCUT2D eigenvalue weighted by atomic mass is 32.2. The van der Waals surface area contributed by atoms with Crippen molar-refractivity contribution < 1.29 is 56.8 Å². The van der Waals surface area contributed by atoms with Gasteiger partial charge < -0.3 is 34.3 Å². The smallest absolute Gasteiger partial charge is 0.306 e. The van der Waals surface area contributed by atoms with Gasteiger partial charge in [0.05, 0.1) is 6.61 Å². The predicted molar refractivity (Wildman–Crippen MR) is 243 cm³/mol. The first-order valence-corrected chi connectivity index (χ1v) is 26.4. The van der Waals surface area contributed by atoms with Gasteiger partial charge in [0, 0.05) is 12.8 Å². The zero-order valence-corrected chi connectivity index (χ0v) is 39.4. The van der Waals surface area contributed by atoms with Crippen LogP contribution in [0.15, 0.2) is 12.2 Å². The lowest BCUT2D eigenvalue weighted by atomic mass is 10.00. The Morgan fingerprint density at radius 2 is 0.934 bits per heavy atom. The molecule has 61 heavy (non-hydrogen) atoms. The fourth-order valence-corrected chi connectivity index (χ4v) is 8.42. The van der Waals surface area contributed by atoms with Crippen molar-refractivity contribution in [3.8, 4) is 0 Å². The van der Waals surface area contributed by atoms with Crippen LogP contribution in [-0.4, -0.2) is 96.0 Å². The van der Waals surface area contributed by atoms with Crippen molar-refractivity contribution in [2.75, 3.05) is 19.0 Å². The van der Waals surface area contributed by atoms with Gasteiger partial charge in [-0.05, 0) is 38.5 Å². The van der Waals surface area contributed by atoms with Crippen molar-refractivity contribution >= 4 is 22.1 Å². The average Bonchev–Trinajstić information content (AvgIpc) is 3.22. The van der Waals surface area contributed by atoms with E-state index < -0.39 is 71.2 Å². The van der Waals surface area contributed by atoms with Gasteiger partial charge in [-0.2, -0.15) is 8.42 Å². The SMILES string of the molecule is CCCCCCC/C=C/CCCCCCCC(=O)O[C@H](COC(=O)CCCCCCCCCCCCCCCCCCCCC)CO[C@H]1O[C@H](CS(=O)(=O)O)[C@@H](O)C(O)C1O. The Kier molecular flexibility index (Phi) is 36.5. The number of carbonyl (C=O) groups excluding carboxylic acids is 2. The monoisotopic (exact) mass is 891 g/mol. The Labute approximate surface area is 371 Å². The Morgan fingerprint density at radius 1 is 0.541 bits per heavy atom. The van der Waals surface area contributed by atoms with E-state index in [4.69, 9.17) is 18.9 Å². The summed E-state index contributed by atoms with van der Waals surface area (Å²) in [7, 11) is -4.60. The van der Waals surface area contributed by atoms with Crippen molar-refractivity contribution in [2.45, 2.75) is 263 Å². The van der Waals surface area contributed by atoms with Crippen LogP contribution in [0, 0.1) is 0 Å². The van der Waals surface area contributed by atoms with Crippen molar-refractivity contribution in [1.82, 2.24) is 0 Å². The summed E-state index contributed by atoms with van der Waals surface area (Å²) in [6.07, 6.45) is 32.5. The van der Waals surface area contributed by atoms with Crippen LogP contribution in [0.3, 0.4) is 0 Å². The molecule has 0 aliphatic carbocycles. The minimum Gasteiger partial charge on any atom is -0.462 e. The van der Waals surface area contributed by atoms with Crippen molar-refractivity contribution in [3.05, 3.63) is 12.2 Å². The predicted octanol–water partition coefficient (Wildman–Crippen LogP) is 10.6. The van der Waals surface area contributed by atoms with Crippen LogP contribution in [0.1, 0.15) is 226 Å². The topological polar surface area (TPSA) is 186 Å². The van der Waals surface area contributed by atoms with E-state index in [1.165, 1.54) is 128 Å². The Morgan fingerprint density at radius 3 is 1.36 bits per heavy atom. The minimum absolute atomic E-state index is 0.158. The molecule has 360 valence electrons. The molecule has 1 rings (SSSR count). The number of aliphatic hydroxyl groups excluding tert-OH is 3. The number of ether oxygens (including phenoxy) is 4. The molecule has 0 bridgehead atoms. The highest BCUT2D eigenvalue weighted by Crippen LogP contribution is 2.24. The van der Waals surface area contributed by atoms with E-state index in [1.54, 1.807) is 0 Å². The zero-order valence-electron chi connectivity index (χ0n) is 38.5. The molecule has 1 aliphatic rings. The number of rotatable bonds is 42. The number of allylic oxidation sites excluding steroid dienone is 2. The molecule has 1 aliphatic heterocycles. The molecule has 0 aromatic rings. The molecular weight excluding hydrogens is 801 g/mol. The minimum atomic E-state index is -4.60. The number of esters is 2. The second-order valence-corrected chi connectivity index (χ2v) is 19.0. The van der Waals surface area contributed by atoms with Gasteiger partial charge in [-0.3, -0.25) is 14.1 Å². The van der Waals surface area contributed by atoms with Gasteiger partial charge in [0.2, 0.25) is 0 Å². The van der Waals surface area contributed by atoms with Crippen molar-refractivity contribution in [1.29, 1.82) is 0 Å². The van der Waals surface area contributed by atoms with E-state index in [0.29, 0.717) is 12.8 Å². The lowest BCUT2D eigenvalue weighted by Gasteiger charge is -2.40. The zero-order chi connectivity index (χ0) is 44.8. The van der Waals surface area contributed by atoms with Gasteiger partial charge in [-0.15, -0.1) is 0 Å². The van der Waals surface area contributed by atoms with Gasteiger partial charge in [0.1, 0.15) is 36.8 Å². The molecule has 1 fully saturated rings. The molecule has 0 saturated carbocycles. The molecule has 1 saturated heterocycles. The fourth-order valence-electron chi connectivity index (χ4n) is 7.73. The van der Waals surface area contributed by atoms with Crippen molar-refractivity contribution in [2.24, 2.45) is 0 Å². The Balaban J connectivity index is 2.37. The third-order valence-electron chi connectivity index (χ3n) is 11.6. The molecule has 6 atom stereocenters. The van der Waals surface area contributed by atoms with E-state index in [2.05, 4.69) is 26.0 Å². The maximum atomic E-state index is 12.8. The molecule has 4 N–H and O–H groups in total. The van der Waals surface area contributed by atoms with Crippen LogP contribution in [0.4, 0.5) is 0 Å². The third-order valence-corrected chi connectivity index (χ3v) is 12.3. The summed E-state index contributed by atoms with van der Waals surface area (Å²) >= 11 is 0. The number of aliphatic hydroxyl groups is 3. The number of hydrogen-bond acceptors (Lipinski definition) is 11. The Bertz CT molecular complexity index is 1180. The van der Waals surface area contributed by atoms with Crippen LogP contribution >= 0.6 is 0 Å². The summed E-state index contributed by atoms with van der Waals surface area (Å²) in [6, 6.07) is 0. The van der Waals surface area contributed by atoms with E-state index >= 15 is 0 Å². The molecule has 0 aromatic heterocycles. The number of carbonyl (C=O) groups is 2. The van der Waals surface area contributed by atoms with E-state index in [0.717, 1.165) is 57.8 Å². The van der Waals surface area contributed by atoms with Crippen molar-refractivity contribution in [3.63, 3.8) is 0 Å². The van der Waals surface area contributed by atoms with E-state index in [9.17, 15) is 37.9 Å². The third kappa shape index (κ3) is 33.6. The maximum absolute atomic E-state index is 12.8. The Hall–Kier alpha value is -1.61. The quantitative estimate of drug-likeness (QED) is 0.0197. The van der Waals surface area contributed by atoms with Gasteiger partial charge >= 0.3 is 11.9 Å². The highest BCUT2D eigenvalue weighted by molar-refractivity contribution is 7.85. The second kappa shape index (κ2) is 38.8. The molecule has 0 radical (unpaired) electrons. The lowest BCUT2D eigenvalue weighted by Crippen LogP contribution is -2.60. The van der Waals surface area contributed by atoms with Gasteiger partial charge in [0.25, 0.3) is 10.1 Å². The molecule has 0 spiro atoms. The molecular formula is C48H90O12S. The largest absolute Gasteiger partial charge is 0.462 e. The lowest BCUT2D eigenvalue weighted by molar-refractivity contribution is -0.297.